The monoisotopic (exact) mass is 232 g/mol. The number of carbonyl (C=O) groups is 1. The molecule has 1 aliphatic carbocycles. The molecule has 17 heavy (non-hydrogen) atoms. The number of aryl methyl sites for hydroxylation is 1. The van der Waals surface area contributed by atoms with Crippen LogP contribution in [0.4, 0.5) is 5.69 Å². The van der Waals surface area contributed by atoms with Crippen molar-refractivity contribution in [3.8, 4) is 0 Å². The van der Waals surface area contributed by atoms with E-state index in [1.807, 2.05) is 31.0 Å². The van der Waals surface area contributed by atoms with Crippen molar-refractivity contribution < 1.29 is 4.79 Å². The normalized spacial score (nSPS) is 15.4. The molecule has 1 amide bonds. The third kappa shape index (κ3) is 2.60. The summed E-state index contributed by atoms with van der Waals surface area (Å²) in [6.07, 6.45) is 3.84. The maximum atomic E-state index is 12.2. The van der Waals surface area contributed by atoms with Gasteiger partial charge in [-0.1, -0.05) is 6.42 Å². The second-order valence-corrected chi connectivity index (χ2v) is 5.06. The Balaban J connectivity index is 2.07. The summed E-state index contributed by atoms with van der Waals surface area (Å²) in [5.74, 6) is 0.812. The number of anilines is 1. The molecule has 0 spiro atoms. The smallest absolute Gasteiger partial charge is 0.253 e. The maximum absolute atomic E-state index is 12.2. The second-order valence-electron chi connectivity index (χ2n) is 5.06. The van der Waals surface area contributed by atoms with E-state index in [1.165, 1.54) is 19.3 Å². The van der Waals surface area contributed by atoms with Crippen molar-refractivity contribution in [1.82, 2.24) is 4.90 Å². The van der Waals surface area contributed by atoms with Crippen LogP contribution in [0.1, 0.15) is 35.2 Å². The molecule has 3 heteroatoms. The molecule has 2 rings (SSSR count). The lowest BCUT2D eigenvalue weighted by Crippen LogP contribution is -2.34. The number of carbonyl (C=O) groups excluding carboxylic acids is 1. The number of hydrogen-bond acceptors (Lipinski definition) is 2. The molecule has 0 atom stereocenters. The van der Waals surface area contributed by atoms with Crippen LogP contribution in [0.15, 0.2) is 18.2 Å². The van der Waals surface area contributed by atoms with Gasteiger partial charge in [0.25, 0.3) is 5.91 Å². The zero-order valence-corrected chi connectivity index (χ0v) is 10.6. The fourth-order valence-corrected chi connectivity index (χ4v) is 2.28. The highest BCUT2D eigenvalue weighted by Crippen LogP contribution is 2.27. The van der Waals surface area contributed by atoms with Gasteiger partial charge in [-0.2, -0.15) is 0 Å². The molecule has 0 heterocycles. The summed E-state index contributed by atoms with van der Waals surface area (Å²) in [6, 6.07) is 5.46. The standard InChI is InChI=1S/C14H20N2O/c1-10-8-12(15)6-7-13(10)14(17)16(2)9-11-4-3-5-11/h6-8,11H,3-5,9,15H2,1-2H3. The first-order valence-electron chi connectivity index (χ1n) is 6.19. The minimum absolute atomic E-state index is 0.106. The van der Waals surface area contributed by atoms with E-state index in [-0.39, 0.29) is 5.91 Å². The average Bonchev–Trinajstić information content (AvgIpc) is 2.22. The molecular formula is C14H20N2O. The molecule has 1 fully saturated rings. The molecule has 0 aliphatic heterocycles. The van der Waals surface area contributed by atoms with Crippen LogP contribution < -0.4 is 5.73 Å². The Labute approximate surface area is 103 Å². The number of hydrogen-bond donors (Lipinski definition) is 1. The largest absolute Gasteiger partial charge is 0.399 e. The Morgan fingerprint density at radius 1 is 1.47 bits per heavy atom. The lowest BCUT2D eigenvalue weighted by molar-refractivity contribution is 0.0744. The minimum atomic E-state index is 0.106. The van der Waals surface area contributed by atoms with Crippen molar-refractivity contribution in [3.63, 3.8) is 0 Å². The van der Waals surface area contributed by atoms with E-state index in [0.717, 1.165) is 17.7 Å². The summed E-state index contributed by atoms with van der Waals surface area (Å²) in [4.78, 5) is 14.1. The van der Waals surface area contributed by atoms with Crippen molar-refractivity contribution in [1.29, 1.82) is 0 Å². The summed E-state index contributed by atoms with van der Waals surface area (Å²) in [5.41, 5.74) is 8.12. The molecule has 0 aromatic heterocycles. The topological polar surface area (TPSA) is 46.3 Å². The third-order valence-corrected chi connectivity index (χ3v) is 3.58. The van der Waals surface area contributed by atoms with Gasteiger partial charge in [-0.15, -0.1) is 0 Å². The Bertz CT molecular complexity index is 424. The molecule has 1 aromatic rings. The summed E-state index contributed by atoms with van der Waals surface area (Å²) < 4.78 is 0. The first kappa shape index (κ1) is 12.0. The predicted molar refractivity (Wildman–Crippen MR) is 69.9 cm³/mol. The summed E-state index contributed by atoms with van der Waals surface area (Å²) in [7, 11) is 1.89. The Kier molecular flexibility index (Phi) is 3.36. The minimum Gasteiger partial charge on any atom is -0.399 e. The van der Waals surface area contributed by atoms with Gasteiger partial charge in [0, 0.05) is 24.8 Å². The number of nitrogens with zero attached hydrogens (tertiary/aromatic N) is 1. The first-order valence-corrected chi connectivity index (χ1v) is 6.19. The van der Waals surface area contributed by atoms with Gasteiger partial charge in [0.05, 0.1) is 0 Å². The van der Waals surface area contributed by atoms with Crippen molar-refractivity contribution >= 4 is 11.6 Å². The van der Waals surface area contributed by atoms with Crippen LogP contribution in [0.2, 0.25) is 0 Å². The third-order valence-electron chi connectivity index (χ3n) is 3.58. The number of nitrogens with two attached hydrogens (primary N) is 1. The molecule has 92 valence electrons. The highest BCUT2D eigenvalue weighted by molar-refractivity contribution is 5.95. The van der Waals surface area contributed by atoms with Gasteiger partial charge < -0.3 is 10.6 Å². The van der Waals surface area contributed by atoms with Gasteiger partial charge in [0.1, 0.15) is 0 Å². The van der Waals surface area contributed by atoms with Gasteiger partial charge in [0.15, 0.2) is 0 Å². The molecule has 1 saturated carbocycles. The van der Waals surface area contributed by atoms with Crippen LogP contribution in [-0.2, 0) is 0 Å². The van der Waals surface area contributed by atoms with Crippen molar-refractivity contribution in [2.24, 2.45) is 5.92 Å². The zero-order valence-electron chi connectivity index (χ0n) is 10.6. The van der Waals surface area contributed by atoms with E-state index in [4.69, 9.17) is 5.73 Å². The Hall–Kier alpha value is -1.51. The lowest BCUT2D eigenvalue weighted by atomic mass is 9.85. The highest BCUT2D eigenvalue weighted by atomic mass is 16.2. The molecule has 0 unspecified atom stereocenters. The Morgan fingerprint density at radius 2 is 2.18 bits per heavy atom. The van der Waals surface area contributed by atoms with E-state index < -0.39 is 0 Å². The molecule has 1 aromatic carbocycles. The summed E-state index contributed by atoms with van der Waals surface area (Å²) >= 11 is 0. The quantitative estimate of drug-likeness (QED) is 0.814. The average molecular weight is 232 g/mol. The molecule has 0 bridgehead atoms. The van der Waals surface area contributed by atoms with Crippen molar-refractivity contribution in [3.05, 3.63) is 29.3 Å². The van der Waals surface area contributed by atoms with E-state index in [1.54, 1.807) is 6.07 Å². The number of rotatable bonds is 3. The highest BCUT2D eigenvalue weighted by Gasteiger charge is 2.22. The number of nitrogen functional groups attached to an aromatic ring is 1. The van der Waals surface area contributed by atoms with Crippen LogP contribution >= 0.6 is 0 Å². The molecule has 2 N–H and O–H groups in total. The fourth-order valence-electron chi connectivity index (χ4n) is 2.28. The van der Waals surface area contributed by atoms with Gasteiger partial charge in [-0.25, -0.2) is 0 Å². The van der Waals surface area contributed by atoms with Crippen LogP contribution in [0.3, 0.4) is 0 Å². The molecule has 3 nitrogen and oxygen atoms in total. The lowest BCUT2D eigenvalue weighted by Gasteiger charge is -2.30. The maximum Gasteiger partial charge on any atom is 0.253 e. The molecular weight excluding hydrogens is 212 g/mol. The zero-order chi connectivity index (χ0) is 12.4. The van der Waals surface area contributed by atoms with E-state index in [9.17, 15) is 4.79 Å². The predicted octanol–water partition coefficient (Wildman–Crippen LogP) is 2.45. The van der Waals surface area contributed by atoms with E-state index in [2.05, 4.69) is 0 Å². The van der Waals surface area contributed by atoms with Gasteiger partial charge in [-0.3, -0.25) is 4.79 Å². The van der Waals surface area contributed by atoms with E-state index >= 15 is 0 Å². The first-order chi connectivity index (χ1) is 8.08. The van der Waals surface area contributed by atoms with Crippen molar-refractivity contribution in [2.45, 2.75) is 26.2 Å². The SMILES string of the molecule is Cc1cc(N)ccc1C(=O)N(C)CC1CCC1. The van der Waals surface area contributed by atoms with Gasteiger partial charge in [0.2, 0.25) is 0 Å². The molecule has 0 saturated heterocycles. The van der Waals surface area contributed by atoms with Crippen LogP contribution in [0.5, 0.6) is 0 Å². The molecule has 1 aliphatic rings. The molecule has 0 radical (unpaired) electrons. The fraction of sp³-hybridized carbons (Fsp3) is 0.500. The van der Waals surface area contributed by atoms with Crippen LogP contribution in [-0.4, -0.2) is 24.4 Å². The van der Waals surface area contributed by atoms with Crippen LogP contribution in [0, 0.1) is 12.8 Å². The van der Waals surface area contributed by atoms with Crippen molar-refractivity contribution in [2.75, 3.05) is 19.3 Å². The number of benzene rings is 1. The second kappa shape index (κ2) is 4.78. The summed E-state index contributed by atoms with van der Waals surface area (Å²) in [6.45, 7) is 2.81. The Morgan fingerprint density at radius 3 is 2.71 bits per heavy atom. The summed E-state index contributed by atoms with van der Waals surface area (Å²) in [5, 5.41) is 0. The number of amides is 1. The van der Waals surface area contributed by atoms with Crippen LogP contribution in [0.25, 0.3) is 0 Å². The van der Waals surface area contributed by atoms with Gasteiger partial charge in [-0.05, 0) is 49.4 Å². The van der Waals surface area contributed by atoms with Gasteiger partial charge >= 0.3 is 0 Å². The van der Waals surface area contributed by atoms with E-state index in [0.29, 0.717) is 11.6 Å².